The number of aliphatic hydroxyl groups excluding tert-OH is 1. The van der Waals surface area contributed by atoms with Crippen LogP contribution in [0.1, 0.15) is 24.5 Å². The third-order valence-corrected chi connectivity index (χ3v) is 8.58. The van der Waals surface area contributed by atoms with Crippen molar-refractivity contribution < 1.29 is 23.8 Å². The summed E-state index contributed by atoms with van der Waals surface area (Å²) in [6.07, 6.45) is -1.83. The number of rotatable bonds is 8. The number of amides is 1. The Balaban J connectivity index is 1.10. The van der Waals surface area contributed by atoms with Gasteiger partial charge in [-0.25, -0.2) is 14.4 Å². The van der Waals surface area contributed by atoms with Crippen LogP contribution in [0.15, 0.2) is 42.7 Å². The molecule has 3 aromatic rings. The van der Waals surface area contributed by atoms with Gasteiger partial charge in [0.25, 0.3) is 5.91 Å². The molecule has 12 nitrogen and oxygen atoms in total. The molecule has 2 N–H and O–H groups in total. The summed E-state index contributed by atoms with van der Waals surface area (Å²) in [5, 5.41) is 22.7. The van der Waals surface area contributed by atoms with Crippen LogP contribution in [0, 0.1) is 18.3 Å². The lowest BCUT2D eigenvalue weighted by Gasteiger charge is -2.43. The minimum atomic E-state index is -1.46. The molecular weight excluding hydrogens is 579 g/mol. The molecule has 0 radical (unpaired) electrons. The number of benzene rings is 2. The molecule has 0 saturated carbocycles. The highest BCUT2D eigenvalue weighted by Crippen LogP contribution is 2.32. The molecule has 1 aromatic heterocycles. The number of aliphatic hydroxyl groups is 1. The van der Waals surface area contributed by atoms with Crippen LogP contribution in [0.3, 0.4) is 0 Å². The molecule has 0 spiro atoms. The van der Waals surface area contributed by atoms with Gasteiger partial charge in [-0.3, -0.25) is 9.69 Å². The molecule has 4 heterocycles. The fourth-order valence-electron chi connectivity index (χ4n) is 5.93. The van der Waals surface area contributed by atoms with Crippen LogP contribution in [-0.4, -0.2) is 113 Å². The van der Waals surface area contributed by atoms with E-state index < -0.39 is 24.3 Å². The molecule has 3 aliphatic heterocycles. The molecule has 3 atom stereocenters. The number of aryl methyl sites for hydroxylation is 1. The van der Waals surface area contributed by atoms with Gasteiger partial charge in [-0.05, 0) is 55.8 Å². The Morgan fingerprint density at radius 2 is 1.91 bits per heavy atom. The molecule has 3 fully saturated rings. The van der Waals surface area contributed by atoms with Gasteiger partial charge < -0.3 is 29.7 Å². The minimum Gasteiger partial charge on any atom is -0.486 e. The molecule has 2 aromatic carbocycles. The number of piperidine rings is 1. The summed E-state index contributed by atoms with van der Waals surface area (Å²) in [7, 11) is 0. The second-order valence-electron chi connectivity index (χ2n) is 11.7. The molecule has 3 saturated heterocycles. The van der Waals surface area contributed by atoms with Crippen molar-refractivity contribution in [3.63, 3.8) is 0 Å². The smallest absolute Gasteiger partial charge is 0.251 e. The number of nitrogens with one attached hydrogen (secondary N) is 1. The molecule has 236 valence electrons. The predicted molar refractivity (Wildman–Crippen MR) is 165 cm³/mol. The van der Waals surface area contributed by atoms with Crippen molar-refractivity contribution in [3.05, 3.63) is 53.9 Å². The van der Waals surface area contributed by atoms with Gasteiger partial charge in [-0.2, -0.15) is 10.2 Å². The van der Waals surface area contributed by atoms with Crippen LogP contribution in [0.5, 0.6) is 5.75 Å². The topological polar surface area (TPSA) is 140 Å². The van der Waals surface area contributed by atoms with E-state index in [1.807, 2.05) is 12.1 Å². The number of halogens is 1. The fraction of sp³-hybridized carbons (Fsp3) is 0.469. The van der Waals surface area contributed by atoms with E-state index in [9.17, 15) is 19.6 Å². The van der Waals surface area contributed by atoms with Crippen molar-refractivity contribution in [2.45, 2.75) is 44.7 Å². The highest BCUT2D eigenvalue weighted by molar-refractivity contribution is 5.80. The van der Waals surface area contributed by atoms with Gasteiger partial charge in [0.15, 0.2) is 12.0 Å². The summed E-state index contributed by atoms with van der Waals surface area (Å²) in [4.78, 5) is 31.4. The Morgan fingerprint density at radius 1 is 1.16 bits per heavy atom. The van der Waals surface area contributed by atoms with Crippen molar-refractivity contribution in [3.8, 4) is 23.2 Å². The number of carbonyl (C=O) groups excluding carboxylic acids is 1. The van der Waals surface area contributed by atoms with Gasteiger partial charge in [0.2, 0.25) is 5.95 Å². The third-order valence-electron chi connectivity index (χ3n) is 8.58. The molecule has 0 aliphatic carbocycles. The number of carbonyl (C=O) groups is 1. The number of hydrogen-bond donors (Lipinski definition) is 2. The monoisotopic (exact) mass is 616 g/mol. The summed E-state index contributed by atoms with van der Waals surface area (Å²) in [6.45, 7) is 8.93. The zero-order valence-electron chi connectivity index (χ0n) is 25.4. The van der Waals surface area contributed by atoms with E-state index in [2.05, 4.69) is 48.3 Å². The van der Waals surface area contributed by atoms with Gasteiger partial charge >= 0.3 is 0 Å². The zero-order valence-corrected chi connectivity index (χ0v) is 25.4. The van der Waals surface area contributed by atoms with E-state index in [1.54, 1.807) is 19.1 Å². The van der Waals surface area contributed by atoms with Crippen molar-refractivity contribution in [1.82, 2.24) is 24.8 Å². The van der Waals surface area contributed by atoms with Crippen LogP contribution >= 0.6 is 0 Å². The highest BCUT2D eigenvalue weighted by atomic mass is 19.1. The van der Waals surface area contributed by atoms with Gasteiger partial charge in [-0.1, -0.05) is 0 Å². The van der Waals surface area contributed by atoms with Crippen molar-refractivity contribution >= 4 is 23.2 Å². The quantitative estimate of drug-likeness (QED) is 0.386. The number of nitrogens with zero attached hydrogens (tertiary/aromatic N) is 7. The largest absolute Gasteiger partial charge is 0.486 e. The van der Waals surface area contributed by atoms with E-state index in [0.717, 1.165) is 45.1 Å². The lowest BCUT2D eigenvalue weighted by atomic mass is 10.0. The Labute approximate surface area is 261 Å². The van der Waals surface area contributed by atoms with E-state index in [0.29, 0.717) is 28.9 Å². The van der Waals surface area contributed by atoms with Crippen molar-refractivity contribution in [2.75, 3.05) is 62.7 Å². The second-order valence-corrected chi connectivity index (χ2v) is 11.7. The Hall–Kier alpha value is -4.38. The summed E-state index contributed by atoms with van der Waals surface area (Å²) < 4.78 is 26.3. The van der Waals surface area contributed by atoms with Gasteiger partial charge in [0.05, 0.1) is 31.4 Å². The first-order chi connectivity index (χ1) is 21.8. The number of hydrogen-bond acceptors (Lipinski definition) is 11. The normalized spacial score (nSPS) is 21.5. The predicted octanol–water partition coefficient (Wildman–Crippen LogP) is 2.68. The first-order valence-electron chi connectivity index (χ1n) is 15.2. The summed E-state index contributed by atoms with van der Waals surface area (Å²) in [6, 6.07) is 14.3. The summed E-state index contributed by atoms with van der Waals surface area (Å²) in [5.74, 6) is 0.509. The zero-order chi connectivity index (χ0) is 31.5. The second kappa shape index (κ2) is 13.3. The van der Waals surface area contributed by atoms with E-state index >= 15 is 0 Å². The summed E-state index contributed by atoms with van der Waals surface area (Å²) >= 11 is 0. The number of likely N-dealkylation sites (tertiary alicyclic amines) is 1. The Bertz CT molecular complexity index is 1550. The van der Waals surface area contributed by atoms with Crippen LogP contribution in [0.2, 0.25) is 0 Å². The number of piperazine rings is 1. The maximum absolute atomic E-state index is 15.0. The van der Waals surface area contributed by atoms with E-state index in [1.165, 1.54) is 23.8 Å². The molecule has 1 amide bonds. The van der Waals surface area contributed by atoms with Crippen LogP contribution < -0.4 is 15.0 Å². The van der Waals surface area contributed by atoms with Crippen LogP contribution in [-0.2, 0) is 9.53 Å². The number of aromatic nitrogens is 3. The first-order valence-corrected chi connectivity index (χ1v) is 15.2. The fourth-order valence-corrected chi connectivity index (χ4v) is 5.93. The Kier molecular flexibility index (Phi) is 9.07. The molecular formula is C32H37FN8O4. The lowest BCUT2D eigenvalue weighted by Crippen LogP contribution is -2.56. The number of alkyl halides is 1. The molecule has 6 rings (SSSR count). The lowest BCUT2D eigenvalue weighted by molar-refractivity contribution is -0.143. The average molecular weight is 617 g/mol. The van der Waals surface area contributed by atoms with Crippen molar-refractivity contribution in [1.29, 1.82) is 5.26 Å². The SMILES string of the molecule is Cc1cc(-c2ncnc(Nc3ccc(N4CCN(C5COC5)CC4)cc3)n2)cc(C#N)c1O[C@H]1CCN(C(=O)C(C)O)C[C@H]1F. The van der Waals surface area contributed by atoms with E-state index in [-0.39, 0.29) is 30.8 Å². The molecule has 3 aliphatic rings. The average Bonchev–Trinajstić information content (AvgIpc) is 3.02. The number of nitriles is 1. The highest BCUT2D eigenvalue weighted by Gasteiger charge is 2.35. The maximum atomic E-state index is 15.0. The van der Waals surface area contributed by atoms with Crippen molar-refractivity contribution in [2.24, 2.45) is 0 Å². The van der Waals surface area contributed by atoms with Crippen LogP contribution in [0.4, 0.5) is 21.7 Å². The number of ether oxygens (including phenoxy) is 2. The first kappa shape index (κ1) is 30.6. The molecule has 0 bridgehead atoms. The van der Waals surface area contributed by atoms with Gasteiger partial charge in [0.1, 0.15) is 30.4 Å². The standard InChI is InChI=1S/C32H37FN8O4/c1-20-13-22(14-23(15-34)29(20)45-28-7-8-41(16-27(28)33)31(43)21(2)42)30-35-19-36-32(38-30)37-24-3-5-25(6-4-24)39-9-11-40(12-10-39)26-17-44-18-26/h3-6,13-14,19,21,26-28,42H,7-12,16-18H2,1-2H3,(H,35,36,37,38)/t21?,27-,28+/m1/s1. The number of anilines is 3. The molecule has 13 heteroatoms. The maximum Gasteiger partial charge on any atom is 0.251 e. The molecule has 1 unspecified atom stereocenters. The molecule has 45 heavy (non-hydrogen) atoms. The minimum absolute atomic E-state index is 0.176. The van der Waals surface area contributed by atoms with Gasteiger partial charge in [-0.15, -0.1) is 0 Å². The summed E-state index contributed by atoms with van der Waals surface area (Å²) in [5.41, 5.74) is 3.46. The van der Waals surface area contributed by atoms with E-state index in [4.69, 9.17) is 9.47 Å². The van der Waals surface area contributed by atoms with Gasteiger partial charge in [0, 0.05) is 56.1 Å². The third kappa shape index (κ3) is 6.83. The van der Waals surface area contributed by atoms with Crippen LogP contribution in [0.25, 0.3) is 11.4 Å². The Morgan fingerprint density at radius 3 is 2.56 bits per heavy atom.